The first-order valence-electron chi connectivity index (χ1n) is 5.97. The Balaban J connectivity index is 3.21. The number of rotatable bonds is 8. The molecule has 0 aliphatic heterocycles. The minimum absolute atomic E-state index is 0.0332. The smallest absolute Gasteiger partial charge is 0.247 e. The van der Waals surface area contributed by atoms with Gasteiger partial charge in [-0.05, 0) is 22.0 Å². The van der Waals surface area contributed by atoms with Crippen molar-refractivity contribution in [1.29, 1.82) is 0 Å². The Morgan fingerprint density at radius 3 is 2.10 bits per heavy atom. The molecular formula is C12H16BrF2NO4S. The number of benzene rings is 1. The quantitative estimate of drug-likeness (QED) is 0.684. The molecule has 0 heterocycles. The third-order valence-electron chi connectivity index (χ3n) is 2.65. The van der Waals surface area contributed by atoms with Crippen LogP contribution in [0.25, 0.3) is 0 Å². The van der Waals surface area contributed by atoms with E-state index in [0.29, 0.717) is 6.07 Å². The summed E-state index contributed by atoms with van der Waals surface area (Å²) < 4.78 is 62.6. The van der Waals surface area contributed by atoms with Gasteiger partial charge in [-0.25, -0.2) is 17.2 Å². The molecule has 0 saturated carbocycles. The van der Waals surface area contributed by atoms with Crippen molar-refractivity contribution in [3.8, 4) is 0 Å². The monoisotopic (exact) mass is 387 g/mol. The highest BCUT2D eigenvalue weighted by molar-refractivity contribution is 9.10. The average molecular weight is 388 g/mol. The van der Waals surface area contributed by atoms with Crippen LogP contribution in [0.2, 0.25) is 0 Å². The van der Waals surface area contributed by atoms with Gasteiger partial charge in [0.1, 0.15) is 16.5 Å². The summed E-state index contributed by atoms with van der Waals surface area (Å²) in [4.78, 5) is -0.601. The van der Waals surface area contributed by atoms with Gasteiger partial charge < -0.3 is 9.47 Å². The van der Waals surface area contributed by atoms with Gasteiger partial charge in [-0.15, -0.1) is 0 Å². The zero-order valence-electron chi connectivity index (χ0n) is 11.6. The van der Waals surface area contributed by atoms with Gasteiger partial charge in [-0.1, -0.05) is 0 Å². The van der Waals surface area contributed by atoms with E-state index in [1.54, 1.807) is 0 Å². The molecule has 0 N–H and O–H groups in total. The van der Waals surface area contributed by atoms with Crippen molar-refractivity contribution >= 4 is 26.0 Å². The maximum atomic E-state index is 13.9. The van der Waals surface area contributed by atoms with E-state index in [2.05, 4.69) is 15.9 Å². The fourth-order valence-electron chi connectivity index (χ4n) is 1.64. The van der Waals surface area contributed by atoms with Crippen LogP contribution in [0.3, 0.4) is 0 Å². The second kappa shape index (κ2) is 8.14. The summed E-state index contributed by atoms with van der Waals surface area (Å²) in [6.45, 7) is 0.351. The predicted molar refractivity (Wildman–Crippen MR) is 76.6 cm³/mol. The van der Waals surface area contributed by atoms with Gasteiger partial charge in [0.25, 0.3) is 0 Å². The maximum Gasteiger partial charge on any atom is 0.247 e. The van der Waals surface area contributed by atoms with Crippen LogP contribution in [0.5, 0.6) is 0 Å². The summed E-state index contributed by atoms with van der Waals surface area (Å²) in [6, 6.07) is 1.43. The summed E-state index contributed by atoms with van der Waals surface area (Å²) in [6.07, 6.45) is 0. The third-order valence-corrected chi connectivity index (χ3v) is 5.51. The molecule has 1 aromatic rings. The maximum absolute atomic E-state index is 13.9. The summed E-state index contributed by atoms with van der Waals surface area (Å²) >= 11 is 2.89. The van der Waals surface area contributed by atoms with Crippen LogP contribution < -0.4 is 0 Å². The molecule has 0 atom stereocenters. The van der Waals surface area contributed by atoms with Crippen LogP contribution in [0.1, 0.15) is 0 Å². The van der Waals surface area contributed by atoms with Gasteiger partial charge in [0, 0.05) is 37.8 Å². The van der Waals surface area contributed by atoms with Gasteiger partial charge in [0.2, 0.25) is 10.0 Å². The molecule has 0 amide bonds. The first-order valence-corrected chi connectivity index (χ1v) is 8.20. The fraction of sp³-hybridized carbons (Fsp3) is 0.500. The van der Waals surface area contributed by atoms with Crippen molar-refractivity contribution in [2.75, 3.05) is 40.5 Å². The number of halogens is 3. The standard InChI is InChI=1S/C12H16BrF2NO4S/c1-19-5-3-16(4-6-20-2)21(17,18)12-10(13)7-9(14)8-11(12)15/h7-8H,3-6H2,1-2H3. The molecule has 0 fully saturated rings. The molecule has 120 valence electrons. The van der Waals surface area contributed by atoms with Crippen molar-refractivity contribution in [3.63, 3.8) is 0 Å². The molecule has 21 heavy (non-hydrogen) atoms. The van der Waals surface area contributed by atoms with Crippen LogP contribution >= 0.6 is 15.9 Å². The molecule has 0 radical (unpaired) electrons. The first-order chi connectivity index (χ1) is 9.84. The molecule has 0 aliphatic rings. The lowest BCUT2D eigenvalue weighted by Gasteiger charge is -2.22. The Kier molecular flexibility index (Phi) is 7.14. The average Bonchev–Trinajstić information content (AvgIpc) is 2.36. The molecule has 0 aliphatic carbocycles. The van der Waals surface area contributed by atoms with Gasteiger partial charge in [0.15, 0.2) is 0 Å². The van der Waals surface area contributed by atoms with Gasteiger partial charge >= 0.3 is 0 Å². The topological polar surface area (TPSA) is 55.8 Å². The highest BCUT2D eigenvalue weighted by Crippen LogP contribution is 2.28. The second-order valence-electron chi connectivity index (χ2n) is 4.09. The van der Waals surface area contributed by atoms with E-state index in [1.165, 1.54) is 14.2 Å². The zero-order chi connectivity index (χ0) is 16.0. The summed E-state index contributed by atoms with van der Waals surface area (Å²) in [7, 11) is -1.29. The van der Waals surface area contributed by atoms with Crippen LogP contribution in [-0.2, 0) is 19.5 Å². The summed E-state index contributed by atoms with van der Waals surface area (Å²) in [5.74, 6) is -2.01. The SMILES string of the molecule is COCCN(CCOC)S(=O)(=O)c1c(F)cc(F)cc1Br. The lowest BCUT2D eigenvalue weighted by Crippen LogP contribution is -2.37. The van der Waals surface area contributed by atoms with E-state index in [9.17, 15) is 17.2 Å². The molecule has 5 nitrogen and oxygen atoms in total. The number of nitrogens with zero attached hydrogens (tertiary/aromatic N) is 1. The fourth-order valence-corrected chi connectivity index (χ4v) is 4.16. The van der Waals surface area contributed by atoms with E-state index in [4.69, 9.17) is 9.47 Å². The van der Waals surface area contributed by atoms with Crippen molar-refractivity contribution in [3.05, 3.63) is 28.2 Å². The van der Waals surface area contributed by atoms with Crippen molar-refractivity contribution in [2.24, 2.45) is 0 Å². The largest absolute Gasteiger partial charge is 0.383 e. The first kappa shape index (κ1) is 18.4. The van der Waals surface area contributed by atoms with Crippen LogP contribution in [0.15, 0.2) is 21.5 Å². The number of ether oxygens (including phenoxy) is 2. The van der Waals surface area contributed by atoms with Crippen molar-refractivity contribution in [2.45, 2.75) is 4.90 Å². The van der Waals surface area contributed by atoms with Crippen LogP contribution in [-0.4, -0.2) is 53.2 Å². The molecule has 0 saturated heterocycles. The minimum atomic E-state index is -4.14. The molecule has 0 unspecified atom stereocenters. The summed E-state index contributed by atoms with van der Waals surface area (Å²) in [5, 5.41) is 0. The Labute approximate surface area is 131 Å². The van der Waals surface area contributed by atoms with Crippen LogP contribution in [0, 0.1) is 11.6 Å². The van der Waals surface area contributed by atoms with Crippen LogP contribution in [0.4, 0.5) is 8.78 Å². The van der Waals surface area contributed by atoms with E-state index >= 15 is 0 Å². The van der Waals surface area contributed by atoms with E-state index in [-0.39, 0.29) is 30.8 Å². The number of hydrogen-bond acceptors (Lipinski definition) is 4. The second-order valence-corrected chi connectivity index (χ2v) is 6.82. The highest BCUT2D eigenvalue weighted by Gasteiger charge is 2.30. The molecule has 0 spiro atoms. The minimum Gasteiger partial charge on any atom is -0.383 e. The zero-order valence-corrected chi connectivity index (χ0v) is 14.0. The number of hydrogen-bond donors (Lipinski definition) is 0. The van der Waals surface area contributed by atoms with Crippen molar-refractivity contribution < 1.29 is 26.7 Å². The van der Waals surface area contributed by atoms with Gasteiger partial charge in [-0.3, -0.25) is 0 Å². The third kappa shape index (κ3) is 4.68. The molecule has 9 heteroatoms. The Morgan fingerprint density at radius 1 is 1.14 bits per heavy atom. The number of sulfonamides is 1. The lowest BCUT2D eigenvalue weighted by molar-refractivity contribution is 0.150. The lowest BCUT2D eigenvalue weighted by atomic mass is 10.3. The normalized spacial score (nSPS) is 12.1. The van der Waals surface area contributed by atoms with E-state index in [1.807, 2.05) is 0 Å². The predicted octanol–water partition coefficient (Wildman–Crippen LogP) is 2.01. The van der Waals surface area contributed by atoms with Crippen molar-refractivity contribution in [1.82, 2.24) is 4.31 Å². The Morgan fingerprint density at radius 2 is 1.67 bits per heavy atom. The van der Waals surface area contributed by atoms with E-state index in [0.717, 1.165) is 10.4 Å². The molecule has 1 rings (SSSR count). The number of methoxy groups -OCH3 is 2. The van der Waals surface area contributed by atoms with Gasteiger partial charge in [-0.2, -0.15) is 4.31 Å². The molecule has 1 aromatic carbocycles. The van der Waals surface area contributed by atoms with Gasteiger partial charge in [0.05, 0.1) is 13.2 Å². The molecular weight excluding hydrogens is 372 g/mol. The highest BCUT2D eigenvalue weighted by atomic mass is 79.9. The Bertz CT molecular complexity index is 552. The van der Waals surface area contributed by atoms with E-state index < -0.39 is 26.6 Å². The molecule has 0 aromatic heterocycles. The Hall–Kier alpha value is -0.610. The molecule has 0 bridgehead atoms. The summed E-state index contributed by atoms with van der Waals surface area (Å²) in [5.41, 5.74) is 0.